The molecule has 0 saturated carbocycles. The second kappa shape index (κ2) is 6.01. The van der Waals surface area contributed by atoms with E-state index in [9.17, 15) is 0 Å². The fourth-order valence-corrected chi connectivity index (χ4v) is 3.64. The summed E-state index contributed by atoms with van der Waals surface area (Å²) in [5, 5.41) is 13.2. The lowest BCUT2D eigenvalue weighted by atomic mass is 10.0. The van der Waals surface area contributed by atoms with E-state index in [0.29, 0.717) is 6.79 Å². The minimum absolute atomic E-state index is 0.275. The Morgan fingerprint density at radius 1 is 1.00 bits per heavy atom. The maximum absolute atomic E-state index is 5.53. The zero-order chi connectivity index (χ0) is 17.5. The van der Waals surface area contributed by atoms with Crippen molar-refractivity contribution in [3.05, 3.63) is 53.9 Å². The molecule has 26 heavy (non-hydrogen) atoms. The van der Waals surface area contributed by atoms with E-state index in [1.807, 2.05) is 37.4 Å². The van der Waals surface area contributed by atoms with Crippen LogP contribution in [0.5, 0.6) is 11.5 Å². The molecule has 2 aromatic heterocycles. The van der Waals surface area contributed by atoms with Crippen molar-refractivity contribution in [3.63, 3.8) is 0 Å². The van der Waals surface area contributed by atoms with Gasteiger partial charge in [0.1, 0.15) is 0 Å². The van der Waals surface area contributed by atoms with Gasteiger partial charge in [-0.25, -0.2) is 4.68 Å². The molecule has 132 valence electrons. The molecule has 0 amide bonds. The molecule has 2 aliphatic rings. The Labute approximate surface area is 151 Å². The van der Waals surface area contributed by atoms with Crippen molar-refractivity contribution in [1.29, 1.82) is 0 Å². The summed E-state index contributed by atoms with van der Waals surface area (Å²) in [4.78, 5) is 2.31. The van der Waals surface area contributed by atoms with E-state index < -0.39 is 0 Å². The van der Waals surface area contributed by atoms with Crippen LogP contribution in [0, 0.1) is 6.92 Å². The van der Waals surface area contributed by atoms with Gasteiger partial charge in [-0.2, -0.15) is 5.10 Å². The van der Waals surface area contributed by atoms with E-state index in [0.717, 1.165) is 48.2 Å². The van der Waals surface area contributed by atoms with E-state index in [1.165, 1.54) is 5.56 Å². The van der Waals surface area contributed by atoms with Crippen LogP contribution in [-0.2, 0) is 0 Å². The zero-order valence-electron chi connectivity index (χ0n) is 14.5. The summed E-state index contributed by atoms with van der Waals surface area (Å²) < 4.78 is 12.7. The Morgan fingerprint density at radius 2 is 1.85 bits per heavy atom. The molecule has 0 bridgehead atoms. The summed E-state index contributed by atoms with van der Waals surface area (Å²) in [6.07, 6.45) is 4.10. The molecular weight excluding hydrogens is 330 g/mol. The summed E-state index contributed by atoms with van der Waals surface area (Å²) in [6, 6.07) is 12.4. The first-order valence-corrected chi connectivity index (χ1v) is 8.80. The molecule has 0 N–H and O–H groups in total. The van der Waals surface area contributed by atoms with Crippen LogP contribution in [0.15, 0.2) is 42.6 Å². The number of benzene rings is 1. The van der Waals surface area contributed by atoms with Crippen LogP contribution in [0.3, 0.4) is 0 Å². The quantitative estimate of drug-likeness (QED) is 0.724. The highest BCUT2D eigenvalue weighted by Gasteiger charge is 2.29. The van der Waals surface area contributed by atoms with E-state index in [1.54, 1.807) is 4.68 Å². The molecule has 2 aliphatic heterocycles. The van der Waals surface area contributed by atoms with E-state index in [4.69, 9.17) is 9.47 Å². The maximum Gasteiger partial charge on any atom is 0.231 e. The van der Waals surface area contributed by atoms with Gasteiger partial charge in [0, 0.05) is 12.7 Å². The van der Waals surface area contributed by atoms with Crippen LogP contribution in [0.1, 0.15) is 30.1 Å². The number of aromatic nitrogens is 4. The summed E-state index contributed by atoms with van der Waals surface area (Å²) in [6.45, 7) is 3.22. The number of anilines is 1. The molecule has 7 nitrogen and oxygen atoms in total. The number of hydrogen-bond acceptors (Lipinski definition) is 6. The van der Waals surface area contributed by atoms with Crippen molar-refractivity contribution in [2.75, 3.05) is 18.2 Å². The predicted molar refractivity (Wildman–Crippen MR) is 95.8 cm³/mol. The Bertz CT molecular complexity index is 937. The molecule has 1 fully saturated rings. The number of aryl methyl sites for hydroxylation is 1. The van der Waals surface area contributed by atoms with E-state index >= 15 is 0 Å². The van der Waals surface area contributed by atoms with Crippen molar-refractivity contribution < 1.29 is 9.47 Å². The highest BCUT2D eigenvalue weighted by Crippen LogP contribution is 2.40. The number of ether oxygens (including phenoxy) is 2. The second-order valence-corrected chi connectivity index (χ2v) is 6.62. The lowest BCUT2D eigenvalue weighted by Gasteiger charge is -2.25. The maximum atomic E-state index is 5.53. The smallest absolute Gasteiger partial charge is 0.231 e. The molecule has 4 heterocycles. The van der Waals surface area contributed by atoms with Gasteiger partial charge in [0.25, 0.3) is 0 Å². The molecule has 5 rings (SSSR count). The molecular formula is C19H19N5O2. The standard InChI is InChI=1S/C19H19N5O2/c1-13-8-10-24(22-13)19-7-6-18(20-21-19)23-9-2-3-15(23)14-4-5-16-17(11-14)26-12-25-16/h4-8,10-11,15H,2-3,9,12H2,1H3. The lowest BCUT2D eigenvalue weighted by molar-refractivity contribution is 0.174. The third-order valence-corrected chi connectivity index (χ3v) is 4.92. The highest BCUT2D eigenvalue weighted by molar-refractivity contribution is 5.49. The van der Waals surface area contributed by atoms with Gasteiger partial charge >= 0.3 is 0 Å². The molecule has 1 aromatic carbocycles. The topological polar surface area (TPSA) is 65.3 Å². The van der Waals surface area contributed by atoms with Crippen LogP contribution >= 0.6 is 0 Å². The lowest BCUT2D eigenvalue weighted by Crippen LogP contribution is -2.24. The molecule has 7 heteroatoms. The zero-order valence-corrected chi connectivity index (χ0v) is 14.5. The average Bonchev–Trinajstić information content (AvgIpc) is 3.41. The van der Waals surface area contributed by atoms with Crippen molar-refractivity contribution >= 4 is 5.82 Å². The summed E-state index contributed by atoms with van der Waals surface area (Å²) in [5.74, 6) is 3.25. The Balaban J connectivity index is 1.42. The molecule has 3 aromatic rings. The number of rotatable bonds is 3. The van der Waals surface area contributed by atoms with Crippen LogP contribution < -0.4 is 14.4 Å². The van der Waals surface area contributed by atoms with Crippen LogP contribution in [0.4, 0.5) is 5.82 Å². The van der Waals surface area contributed by atoms with Gasteiger partial charge in [-0.05, 0) is 55.7 Å². The second-order valence-electron chi connectivity index (χ2n) is 6.62. The molecule has 1 saturated heterocycles. The fourth-order valence-electron chi connectivity index (χ4n) is 3.64. The summed E-state index contributed by atoms with van der Waals surface area (Å²) in [7, 11) is 0. The summed E-state index contributed by atoms with van der Waals surface area (Å²) >= 11 is 0. The van der Waals surface area contributed by atoms with Gasteiger partial charge < -0.3 is 14.4 Å². The van der Waals surface area contributed by atoms with E-state index in [-0.39, 0.29) is 6.04 Å². The van der Waals surface area contributed by atoms with Gasteiger partial charge in [-0.3, -0.25) is 0 Å². The third-order valence-electron chi connectivity index (χ3n) is 4.92. The van der Waals surface area contributed by atoms with Crippen molar-refractivity contribution in [3.8, 4) is 17.3 Å². The van der Waals surface area contributed by atoms with Gasteiger partial charge in [0.05, 0.1) is 11.7 Å². The van der Waals surface area contributed by atoms with Gasteiger partial charge in [-0.1, -0.05) is 6.07 Å². The van der Waals surface area contributed by atoms with Gasteiger partial charge in [0.2, 0.25) is 6.79 Å². The monoisotopic (exact) mass is 349 g/mol. The Morgan fingerprint density at radius 3 is 2.65 bits per heavy atom. The molecule has 0 spiro atoms. The normalized spacial score (nSPS) is 18.5. The first-order chi connectivity index (χ1) is 12.8. The van der Waals surface area contributed by atoms with Crippen molar-refractivity contribution in [1.82, 2.24) is 20.0 Å². The largest absolute Gasteiger partial charge is 0.454 e. The van der Waals surface area contributed by atoms with Crippen molar-refractivity contribution in [2.24, 2.45) is 0 Å². The molecule has 1 atom stereocenters. The number of hydrogen-bond donors (Lipinski definition) is 0. The first-order valence-electron chi connectivity index (χ1n) is 8.80. The van der Waals surface area contributed by atoms with Crippen LogP contribution in [0.2, 0.25) is 0 Å². The van der Waals surface area contributed by atoms with Crippen molar-refractivity contribution in [2.45, 2.75) is 25.8 Å². The minimum Gasteiger partial charge on any atom is -0.454 e. The molecule has 1 unspecified atom stereocenters. The Hall–Kier alpha value is -3.09. The molecule has 0 radical (unpaired) electrons. The van der Waals surface area contributed by atoms with Crippen LogP contribution in [-0.4, -0.2) is 33.3 Å². The van der Waals surface area contributed by atoms with Crippen LogP contribution in [0.25, 0.3) is 5.82 Å². The summed E-state index contributed by atoms with van der Waals surface area (Å²) in [5.41, 5.74) is 2.18. The minimum atomic E-state index is 0.275. The SMILES string of the molecule is Cc1ccn(-c2ccc(N3CCCC3c3ccc4c(c3)OCO4)nn2)n1. The fraction of sp³-hybridized carbons (Fsp3) is 0.316. The Kier molecular flexibility index (Phi) is 3.51. The molecule has 0 aliphatic carbocycles. The third kappa shape index (κ3) is 2.56. The predicted octanol–water partition coefficient (Wildman–Crippen LogP) is 3.04. The van der Waals surface area contributed by atoms with Gasteiger partial charge in [-0.15, -0.1) is 10.2 Å². The first kappa shape index (κ1) is 15.2. The number of fused-ring (bicyclic) bond motifs is 1. The van der Waals surface area contributed by atoms with Gasteiger partial charge in [0.15, 0.2) is 23.1 Å². The highest BCUT2D eigenvalue weighted by atomic mass is 16.7. The van der Waals surface area contributed by atoms with E-state index in [2.05, 4.69) is 32.3 Å². The average molecular weight is 349 g/mol. The number of nitrogens with zero attached hydrogens (tertiary/aromatic N) is 5.